The molecule has 0 unspecified atom stereocenters. The lowest BCUT2D eigenvalue weighted by Gasteiger charge is -2.10. The summed E-state index contributed by atoms with van der Waals surface area (Å²) >= 11 is 5.90. The highest BCUT2D eigenvalue weighted by molar-refractivity contribution is 6.32. The molecule has 90 valence electrons. The molecule has 0 fully saturated rings. The van der Waals surface area contributed by atoms with Gasteiger partial charge in [0.2, 0.25) is 0 Å². The first kappa shape index (κ1) is 12.2. The van der Waals surface area contributed by atoms with Crippen LogP contribution in [-0.2, 0) is 0 Å². The van der Waals surface area contributed by atoms with Gasteiger partial charge in [-0.05, 0) is 30.3 Å². The van der Waals surface area contributed by atoms with Gasteiger partial charge >= 0.3 is 0 Å². The number of hydrogen-bond donors (Lipinski definition) is 2. The van der Waals surface area contributed by atoms with E-state index in [0.29, 0.717) is 22.0 Å². The Balaban J connectivity index is 2.32. The van der Waals surface area contributed by atoms with Crippen LogP contribution in [0.3, 0.4) is 0 Å². The zero-order valence-electron chi connectivity index (χ0n) is 9.24. The molecule has 0 bridgehead atoms. The van der Waals surface area contributed by atoms with Gasteiger partial charge in [0.1, 0.15) is 11.9 Å². The molecule has 0 radical (unpaired) electrons. The number of nitriles is 1. The average molecular weight is 262 g/mol. The maximum absolute atomic E-state index is 13.2. The summed E-state index contributed by atoms with van der Waals surface area (Å²) in [7, 11) is 0. The molecule has 3 nitrogen and oxygen atoms in total. The molecule has 0 atom stereocenters. The van der Waals surface area contributed by atoms with Crippen molar-refractivity contribution in [3.05, 3.63) is 52.8 Å². The summed E-state index contributed by atoms with van der Waals surface area (Å²) in [6.45, 7) is 0. The lowest BCUT2D eigenvalue weighted by Crippen LogP contribution is -1.98. The number of nitrogens with two attached hydrogens (primary N) is 1. The highest BCUT2D eigenvalue weighted by atomic mass is 35.5. The molecule has 0 heterocycles. The predicted octanol–water partition coefficient (Wildman–Crippen LogP) is 3.68. The molecular weight excluding hydrogens is 253 g/mol. The summed E-state index contributed by atoms with van der Waals surface area (Å²) in [6.07, 6.45) is 0. The Morgan fingerprint density at radius 1 is 1.28 bits per heavy atom. The topological polar surface area (TPSA) is 61.8 Å². The Hall–Kier alpha value is -2.25. The van der Waals surface area contributed by atoms with Crippen molar-refractivity contribution in [2.24, 2.45) is 0 Å². The zero-order valence-corrected chi connectivity index (χ0v) is 10.0. The second-order valence-electron chi connectivity index (χ2n) is 3.63. The average Bonchev–Trinajstić information content (AvgIpc) is 2.35. The molecule has 3 N–H and O–H groups in total. The Morgan fingerprint density at radius 3 is 2.72 bits per heavy atom. The number of benzene rings is 2. The summed E-state index contributed by atoms with van der Waals surface area (Å²) in [5.41, 5.74) is 7.12. The third-order valence-corrected chi connectivity index (χ3v) is 2.73. The minimum Gasteiger partial charge on any atom is -0.395 e. The number of nitrogens with zero attached hydrogens (tertiary/aromatic N) is 1. The van der Waals surface area contributed by atoms with Gasteiger partial charge in [-0.1, -0.05) is 17.7 Å². The molecule has 0 aromatic heterocycles. The Kier molecular flexibility index (Phi) is 3.35. The minimum atomic E-state index is -0.486. The fourth-order valence-electron chi connectivity index (χ4n) is 1.49. The Bertz CT molecular complexity index is 635. The number of nitrogen functional groups attached to an aromatic ring is 1. The van der Waals surface area contributed by atoms with Gasteiger partial charge in [-0.15, -0.1) is 0 Å². The van der Waals surface area contributed by atoms with E-state index >= 15 is 0 Å². The van der Waals surface area contributed by atoms with E-state index in [1.165, 1.54) is 6.07 Å². The lowest BCUT2D eigenvalue weighted by atomic mass is 10.2. The van der Waals surface area contributed by atoms with Crippen LogP contribution in [0.2, 0.25) is 5.02 Å². The third kappa shape index (κ3) is 2.36. The van der Waals surface area contributed by atoms with Gasteiger partial charge in [0, 0.05) is 5.69 Å². The van der Waals surface area contributed by atoms with Gasteiger partial charge in [-0.2, -0.15) is 5.26 Å². The summed E-state index contributed by atoms with van der Waals surface area (Å²) in [6, 6.07) is 11.3. The minimum absolute atomic E-state index is 0.0398. The molecule has 5 heteroatoms. The van der Waals surface area contributed by atoms with Gasteiger partial charge in [-0.3, -0.25) is 0 Å². The van der Waals surface area contributed by atoms with Crippen LogP contribution in [-0.4, -0.2) is 0 Å². The Morgan fingerprint density at radius 2 is 2.06 bits per heavy atom. The van der Waals surface area contributed by atoms with E-state index in [4.69, 9.17) is 22.6 Å². The van der Waals surface area contributed by atoms with Crippen molar-refractivity contribution < 1.29 is 4.39 Å². The van der Waals surface area contributed by atoms with Crippen LogP contribution >= 0.6 is 11.6 Å². The normalized spacial score (nSPS) is 9.83. The number of nitrogens with one attached hydrogen (secondary N) is 1. The van der Waals surface area contributed by atoms with Crippen LogP contribution in [0, 0.1) is 17.1 Å². The standard InChI is InChI=1S/C13H9ClFN3/c14-10-6-9(5-4-8(10)7-16)18-12-3-1-2-11(15)13(12)17/h1-6,18H,17H2. The van der Waals surface area contributed by atoms with Crippen molar-refractivity contribution >= 4 is 28.7 Å². The quantitative estimate of drug-likeness (QED) is 0.811. The first-order valence-corrected chi connectivity index (χ1v) is 5.50. The zero-order chi connectivity index (χ0) is 13.1. The smallest absolute Gasteiger partial charge is 0.148 e. The van der Waals surface area contributed by atoms with Crippen LogP contribution in [0.4, 0.5) is 21.5 Å². The molecule has 0 spiro atoms. The van der Waals surface area contributed by atoms with Gasteiger partial charge < -0.3 is 11.1 Å². The monoisotopic (exact) mass is 261 g/mol. The van der Waals surface area contributed by atoms with Crippen molar-refractivity contribution in [3.8, 4) is 6.07 Å². The van der Waals surface area contributed by atoms with E-state index in [9.17, 15) is 4.39 Å². The number of halogens is 2. The second-order valence-corrected chi connectivity index (χ2v) is 4.04. The first-order chi connectivity index (χ1) is 8.61. The molecule has 0 saturated carbocycles. The lowest BCUT2D eigenvalue weighted by molar-refractivity contribution is 0.633. The summed E-state index contributed by atoms with van der Waals surface area (Å²) in [5.74, 6) is -0.486. The van der Waals surface area contributed by atoms with Gasteiger partial charge in [0.15, 0.2) is 0 Å². The van der Waals surface area contributed by atoms with Crippen LogP contribution in [0.5, 0.6) is 0 Å². The van der Waals surface area contributed by atoms with Crippen LogP contribution in [0.25, 0.3) is 0 Å². The van der Waals surface area contributed by atoms with E-state index in [0.717, 1.165) is 0 Å². The molecule has 0 aliphatic carbocycles. The predicted molar refractivity (Wildman–Crippen MR) is 70.3 cm³/mol. The molecule has 18 heavy (non-hydrogen) atoms. The second kappa shape index (κ2) is 4.94. The van der Waals surface area contributed by atoms with Crippen molar-refractivity contribution in [1.29, 1.82) is 5.26 Å². The summed E-state index contributed by atoms with van der Waals surface area (Å²) in [5, 5.41) is 12.0. The highest BCUT2D eigenvalue weighted by Gasteiger charge is 2.06. The largest absolute Gasteiger partial charge is 0.395 e. The van der Waals surface area contributed by atoms with Crippen molar-refractivity contribution in [3.63, 3.8) is 0 Å². The van der Waals surface area contributed by atoms with E-state index in [1.54, 1.807) is 30.3 Å². The number of rotatable bonds is 2. The Labute approximate surface area is 109 Å². The number of hydrogen-bond acceptors (Lipinski definition) is 3. The van der Waals surface area contributed by atoms with E-state index in [1.807, 2.05) is 6.07 Å². The highest BCUT2D eigenvalue weighted by Crippen LogP contribution is 2.27. The van der Waals surface area contributed by atoms with Crippen LogP contribution in [0.15, 0.2) is 36.4 Å². The maximum Gasteiger partial charge on any atom is 0.148 e. The van der Waals surface area contributed by atoms with Gasteiger partial charge in [-0.25, -0.2) is 4.39 Å². The molecule has 2 rings (SSSR count). The molecule has 2 aromatic carbocycles. The van der Waals surface area contributed by atoms with Gasteiger partial charge in [0.05, 0.1) is 22.0 Å². The third-order valence-electron chi connectivity index (χ3n) is 2.42. The van der Waals surface area contributed by atoms with Crippen molar-refractivity contribution in [2.75, 3.05) is 11.1 Å². The number of anilines is 3. The molecule has 0 amide bonds. The van der Waals surface area contributed by atoms with Crippen molar-refractivity contribution in [1.82, 2.24) is 0 Å². The number of para-hydroxylation sites is 1. The molecule has 0 aliphatic heterocycles. The fraction of sp³-hybridized carbons (Fsp3) is 0. The molecule has 0 saturated heterocycles. The van der Waals surface area contributed by atoms with Crippen LogP contribution < -0.4 is 11.1 Å². The molecular formula is C13H9ClFN3. The summed E-state index contributed by atoms with van der Waals surface area (Å²) in [4.78, 5) is 0. The van der Waals surface area contributed by atoms with Crippen LogP contribution in [0.1, 0.15) is 5.56 Å². The maximum atomic E-state index is 13.2. The van der Waals surface area contributed by atoms with E-state index in [-0.39, 0.29) is 5.69 Å². The van der Waals surface area contributed by atoms with E-state index in [2.05, 4.69) is 5.32 Å². The SMILES string of the molecule is N#Cc1ccc(Nc2cccc(F)c2N)cc1Cl. The first-order valence-electron chi connectivity index (χ1n) is 5.12. The van der Waals surface area contributed by atoms with Crippen molar-refractivity contribution in [2.45, 2.75) is 0 Å². The van der Waals surface area contributed by atoms with E-state index < -0.39 is 5.82 Å². The fourth-order valence-corrected chi connectivity index (χ4v) is 1.71. The summed E-state index contributed by atoms with van der Waals surface area (Å²) < 4.78 is 13.2. The molecule has 0 aliphatic rings. The van der Waals surface area contributed by atoms with Gasteiger partial charge in [0.25, 0.3) is 0 Å². The molecule has 2 aromatic rings.